The Bertz CT molecular complexity index is 732. The van der Waals surface area contributed by atoms with E-state index in [1.165, 1.54) is 7.11 Å². The van der Waals surface area contributed by atoms with Crippen molar-refractivity contribution in [2.45, 2.75) is 58.4 Å². The number of ether oxygens (including phenoxy) is 4. The Kier molecular flexibility index (Phi) is 6.39. The highest BCUT2D eigenvalue weighted by molar-refractivity contribution is 5.87. The van der Waals surface area contributed by atoms with Crippen molar-refractivity contribution in [2.24, 2.45) is 0 Å². The number of hydrogen-bond donors (Lipinski definition) is 0. The standard InChI is InChI=1S/C21H29NO6/c1-14(25-7)18(23)27-17-10-8-15(9-11-17)12-16-13-26-21(5,6)22(16)19(24)28-20(2,3)4/h8-11,16H,1,12-13H2,2-7H3/t16-/m0/s1. The Labute approximate surface area is 166 Å². The predicted molar refractivity (Wildman–Crippen MR) is 104 cm³/mol. The molecule has 1 aromatic carbocycles. The molecule has 0 saturated carbocycles. The van der Waals surface area contributed by atoms with Crippen LogP contribution in [0.15, 0.2) is 36.6 Å². The Morgan fingerprint density at radius 1 is 1.25 bits per heavy atom. The number of rotatable bonds is 5. The van der Waals surface area contributed by atoms with Crippen molar-refractivity contribution in [3.63, 3.8) is 0 Å². The summed E-state index contributed by atoms with van der Waals surface area (Å²) in [7, 11) is 1.36. The number of nitrogens with zero attached hydrogens (tertiary/aromatic N) is 1. The largest absolute Gasteiger partial charge is 0.490 e. The van der Waals surface area contributed by atoms with E-state index in [2.05, 4.69) is 6.58 Å². The summed E-state index contributed by atoms with van der Waals surface area (Å²) in [4.78, 5) is 26.0. The normalized spacial score (nSPS) is 18.5. The fraction of sp³-hybridized carbons (Fsp3) is 0.524. The Morgan fingerprint density at radius 2 is 1.86 bits per heavy atom. The molecule has 7 heteroatoms. The summed E-state index contributed by atoms with van der Waals surface area (Å²) < 4.78 is 21.3. The number of esters is 1. The second-order valence-corrected chi connectivity index (χ2v) is 8.13. The maximum Gasteiger partial charge on any atom is 0.412 e. The van der Waals surface area contributed by atoms with Crippen LogP contribution >= 0.6 is 0 Å². The number of methoxy groups -OCH3 is 1. The fourth-order valence-corrected chi connectivity index (χ4v) is 2.93. The van der Waals surface area contributed by atoms with Crippen LogP contribution in [0, 0.1) is 0 Å². The van der Waals surface area contributed by atoms with Crippen LogP contribution in [0.2, 0.25) is 0 Å². The van der Waals surface area contributed by atoms with Gasteiger partial charge in [0.15, 0.2) is 5.76 Å². The van der Waals surface area contributed by atoms with Gasteiger partial charge < -0.3 is 18.9 Å². The zero-order valence-corrected chi connectivity index (χ0v) is 17.4. The number of carbonyl (C=O) groups is 2. The van der Waals surface area contributed by atoms with Crippen molar-refractivity contribution >= 4 is 12.1 Å². The van der Waals surface area contributed by atoms with Gasteiger partial charge in [-0.25, -0.2) is 9.59 Å². The molecule has 7 nitrogen and oxygen atoms in total. The average Bonchev–Trinajstić information content (AvgIpc) is 2.88. The van der Waals surface area contributed by atoms with Gasteiger partial charge in [-0.2, -0.15) is 0 Å². The highest BCUT2D eigenvalue weighted by atomic mass is 16.6. The third-order valence-corrected chi connectivity index (χ3v) is 4.24. The van der Waals surface area contributed by atoms with Gasteiger partial charge in [0.1, 0.15) is 17.1 Å². The molecular weight excluding hydrogens is 362 g/mol. The predicted octanol–water partition coefficient (Wildman–Crippen LogP) is 3.67. The van der Waals surface area contributed by atoms with Crippen LogP contribution in [0.3, 0.4) is 0 Å². The summed E-state index contributed by atoms with van der Waals surface area (Å²) in [6.45, 7) is 13.1. The zero-order chi connectivity index (χ0) is 21.1. The van der Waals surface area contributed by atoms with Gasteiger partial charge in [0.05, 0.1) is 19.8 Å². The number of amides is 1. The first-order chi connectivity index (χ1) is 12.9. The topological polar surface area (TPSA) is 74.3 Å². The molecule has 0 unspecified atom stereocenters. The van der Waals surface area contributed by atoms with E-state index >= 15 is 0 Å². The molecule has 0 N–H and O–H groups in total. The molecule has 154 valence electrons. The van der Waals surface area contributed by atoms with E-state index in [-0.39, 0.29) is 11.8 Å². The van der Waals surface area contributed by atoms with Gasteiger partial charge in [-0.15, -0.1) is 0 Å². The quantitative estimate of drug-likeness (QED) is 0.330. The molecule has 0 spiro atoms. The van der Waals surface area contributed by atoms with E-state index in [4.69, 9.17) is 18.9 Å². The number of carbonyl (C=O) groups excluding carboxylic acids is 2. The molecule has 1 atom stereocenters. The summed E-state index contributed by atoms with van der Waals surface area (Å²) >= 11 is 0. The lowest BCUT2D eigenvalue weighted by atomic mass is 10.0. The summed E-state index contributed by atoms with van der Waals surface area (Å²) in [5, 5.41) is 0. The Balaban J connectivity index is 2.08. The van der Waals surface area contributed by atoms with Crippen LogP contribution in [0.4, 0.5) is 4.79 Å². The van der Waals surface area contributed by atoms with Crippen molar-refractivity contribution < 1.29 is 28.5 Å². The molecular formula is C21H29NO6. The molecule has 0 radical (unpaired) electrons. The third kappa shape index (κ3) is 5.48. The fourth-order valence-electron chi connectivity index (χ4n) is 2.93. The molecule has 2 rings (SSSR count). The summed E-state index contributed by atoms with van der Waals surface area (Å²) in [5.74, 6) is -0.321. The molecule has 0 aliphatic carbocycles. The highest BCUT2D eigenvalue weighted by Gasteiger charge is 2.45. The first-order valence-electron chi connectivity index (χ1n) is 9.13. The lowest BCUT2D eigenvalue weighted by molar-refractivity contribution is -0.133. The van der Waals surface area contributed by atoms with Crippen molar-refractivity contribution in [1.29, 1.82) is 0 Å². The van der Waals surface area contributed by atoms with Gasteiger partial charge in [-0.05, 0) is 65.3 Å². The molecule has 0 bridgehead atoms. The lowest BCUT2D eigenvalue weighted by Crippen LogP contribution is -2.50. The average molecular weight is 391 g/mol. The van der Waals surface area contributed by atoms with E-state index in [1.807, 2.05) is 46.8 Å². The Morgan fingerprint density at radius 3 is 2.39 bits per heavy atom. The van der Waals surface area contributed by atoms with Crippen LogP contribution in [0.1, 0.15) is 40.2 Å². The van der Waals surface area contributed by atoms with Crippen molar-refractivity contribution in [1.82, 2.24) is 4.90 Å². The van der Waals surface area contributed by atoms with Crippen molar-refractivity contribution in [3.8, 4) is 5.75 Å². The van der Waals surface area contributed by atoms with E-state index in [1.54, 1.807) is 17.0 Å². The first-order valence-corrected chi connectivity index (χ1v) is 9.13. The van der Waals surface area contributed by atoms with E-state index in [9.17, 15) is 9.59 Å². The van der Waals surface area contributed by atoms with Gasteiger partial charge in [0.25, 0.3) is 0 Å². The summed E-state index contributed by atoms with van der Waals surface area (Å²) in [6.07, 6.45) is 0.186. The van der Waals surface area contributed by atoms with E-state index < -0.39 is 23.4 Å². The van der Waals surface area contributed by atoms with Gasteiger partial charge in [-0.1, -0.05) is 12.1 Å². The smallest absolute Gasteiger partial charge is 0.412 e. The minimum atomic E-state index is -0.747. The zero-order valence-electron chi connectivity index (χ0n) is 17.4. The maximum absolute atomic E-state index is 12.7. The van der Waals surface area contributed by atoms with Crippen molar-refractivity contribution in [3.05, 3.63) is 42.2 Å². The highest BCUT2D eigenvalue weighted by Crippen LogP contribution is 2.31. The SMILES string of the molecule is C=C(OC)C(=O)Oc1ccc(C[C@H]2COC(C)(C)N2C(=O)OC(C)(C)C)cc1. The van der Waals surface area contributed by atoms with Crippen LogP contribution in [0.25, 0.3) is 0 Å². The second-order valence-electron chi connectivity index (χ2n) is 8.13. The van der Waals surface area contributed by atoms with Gasteiger partial charge in [-0.3, -0.25) is 4.90 Å². The molecule has 1 amide bonds. The monoisotopic (exact) mass is 391 g/mol. The summed E-state index contributed by atoms with van der Waals surface area (Å²) in [6, 6.07) is 6.91. The second kappa shape index (κ2) is 8.22. The van der Waals surface area contributed by atoms with Crippen molar-refractivity contribution in [2.75, 3.05) is 13.7 Å². The lowest BCUT2D eigenvalue weighted by Gasteiger charge is -2.35. The molecule has 1 aliphatic rings. The van der Waals surface area contributed by atoms with E-state index in [0.29, 0.717) is 18.8 Å². The van der Waals surface area contributed by atoms with Crippen LogP contribution < -0.4 is 4.74 Å². The minimum absolute atomic E-state index is 0.0672. The third-order valence-electron chi connectivity index (χ3n) is 4.24. The van der Waals surface area contributed by atoms with Crippen LogP contribution in [-0.4, -0.2) is 48.0 Å². The van der Waals surface area contributed by atoms with Gasteiger partial charge >= 0.3 is 12.1 Å². The minimum Gasteiger partial charge on any atom is -0.490 e. The number of benzene rings is 1. The molecule has 1 saturated heterocycles. The van der Waals surface area contributed by atoms with Crippen LogP contribution in [0.5, 0.6) is 5.75 Å². The first kappa shape index (κ1) is 21.8. The maximum atomic E-state index is 12.7. The van der Waals surface area contributed by atoms with Crippen LogP contribution in [-0.2, 0) is 25.4 Å². The molecule has 28 heavy (non-hydrogen) atoms. The molecule has 1 fully saturated rings. The van der Waals surface area contributed by atoms with Gasteiger partial charge in [0, 0.05) is 0 Å². The summed E-state index contributed by atoms with van der Waals surface area (Å²) in [5.41, 5.74) is -0.355. The number of hydrogen-bond acceptors (Lipinski definition) is 6. The molecule has 1 aliphatic heterocycles. The Hall–Kier alpha value is -2.54. The molecule has 1 aromatic rings. The van der Waals surface area contributed by atoms with Gasteiger partial charge in [0.2, 0.25) is 0 Å². The van der Waals surface area contributed by atoms with E-state index in [0.717, 1.165) is 5.56 Å². The molecule has 0 aromatic heterocycles. The molecule has 1 heterocycles.